The van der Waals surface area contributed by atoms with Crippen molar-refractivity contribution < 1.29 is 24.0 Å². The summed E-state index contributed by atoms with van der Waals surface area (Å²) >= 11 is 0. The second-order valence-corrected chi connectivity index (χ2v) is 6.44. The Bertz CT molecular complexity index is 833. The first-order chi connectivity index (χ1) is 12.8. The summed E-state index contributed by atoms with van der Waals surface area (Å²) in [4.78, 5) is 47.9. The van der Waals surface area contributed by atoms with Crippen LogP contribution in [0, 0.1) is 10.1 Å². The highest BCUT2D eigenvalue weighted by atomic mass is 16.6. The number of anilines is 1. The summed E-state index contributed by atoms with van der Waals surface area (Å²) in [6.45, 7) is 4.86. The van der Waals surface area contributed by atoms with Crippen LogP contribution in [0.5, 0.6) is 0 Å². The minimum Gasteiger partial charge on any atom is -0.377 e. The Hall–Kier alpha value is -3.27. The lowest BCUT2D eigenvalue weighted by Crippen LogP contribution is -2.51. The molecule has 0 bridgehead atoms. The maximum absolute atomic E-state index is 12.0. The Morgan fingerprint density at radius 2 is 1.74 bits per heavy atom. The molecule has 1 aromatic carbocycles. The number of benzene rings is 1. The maximum Gasteiger partial charge on any atom is 0.328 e. The number of nitro groups is 1. The lowest BCUT2D eigenvalue weighted by Gasteiger charge is -2.41. The van der Waals surface area contributed by atoms with Crippen molar-refractivity contribution in [1.29, 1.82) is 0 Å². The first kappa shape index (κ1) is 18.5. The van der Waals surface area contributed by atoms with Gasteiger partial charge in [0.05, 0.1) is 18.1 Å². The van der Waals surface area contributed by atoms with E-state index in [1.165, 1.54) is 18.2 Å². The average molecular weight is 374 g/mol. The molecule has 10 nitrogen and oxygen atoms in total. The van der Waals surface area contributed by atoms with Gasteiger partial charge in [-0.1, -0.05) is 0 Å². The molecule has 1 aromatic rings. The number of nitro benzene ring substituents is 1. The monoisotopic (exact) mass is 374 g/mol. The number of carbonyl (C=O) groups excluding carboxylic acids is 3. The number of morpholine rings is 1. The number of non-ortho nitro benzene ring substituents is 1. The number of barbiturate groups is 1. The quantitative estimate of drug-likeness (QED) is 0.349. The van der Waals surface area contributed by atoms with Gasteiger partial charge in [0.1, 0.15) is 5.57 Å². The fourth-order valence-electron chi connectivity index (χ4n) is 3.25. The molecule has 0 saturated carbocycles. The van der Waals surface area contributed by atoms with Crippen molar-refractivity contribution in [1.82, 2.24) is 10.6 Å². The zero-order chi connectivity index (χ0) is 19.7. The van der Waals surface area contributed by atoms with Crippen LogP contribution < -0.4 is 15.5 Å². The molecule has 3 rings (SSSR count). The number of urea groups is 1. The van der Waals surface area contributed by atoms with Crippen molar-refractivity contribution in [2.75, 3.05) is 18.1 Å². The molecule has 2 heterocycles. The van der Waals surface area contributed by atoms with Gasteiger partial charge in [-0.15, -0.1) is 0 Å². The van der Waals surface area contributed by atoms with E-state index in [1.54, 1.807) is 6.07 Å². The molecule has 2 fully saturated rings. The van der Waals surface area contributed by atoms with Crippen LogP contribution in [-0.4, -0.2) is 48.1 Å². The van der Waals surface area contributed by atoms with Gasteiger partial charge in [0.2, 0.25) is 0 Å². The lowest BCUT2D eigenvalue weighted by atomic mass is 10.0. The predicted octanol–water partition coefficient (Wildman–Crippen LogP) is 0.958. The number of ether oxygens (including phenoxy) is 1. The summed E-state index contributed by atoms with van der Waals surface area (Å²) in [7, 11) is 0. The van der Waals surface area contributed by atoms with E-state index in [4.69, 9.17) is 4.74 Å². The Morgan fingerprint density at radius 3 is 2.30 bits per heavy atom. The molecule has 0 radical (unpaired) electrons. The SMILES string of the molecule is C[C@@H]1COC[C@H](C)N1c1ccc([N+](=O)[O-])cc1C=C1C(=O)NC(=O)NC1=O. The zero-order valence-corrected chi connectivity index (χ0v) is 14.7. The fraction of sp³-hybridized carbons (Fsp3) is 0.353. The molecule has 0 spiro atoms. The van der Waals surface area contributed by atoms with Crippen LogP contribution in [0.2, 0.25) is 0 Å². The third-order valence-corrected chi connectivity index (χ3v) is 4.41. The van der Waals surface area contributed by atoms with Crippen LogP contribution in [0.4, 0.5) is 16.2 Å². The number of rotatable bonds is 3. The molecule has 0 aromatic heterocycles. The summed E-state index contributed by atoms with van der Waals surface area (Å²) in [5.41, 5.74) is 0.491. The summed E-state index contributed by atoms with van der Waals surface area (Å²) in [6.07, 6.45) is 1.26. The van der Waals surface area contributed by atoms with E-state index in [1.807, 2.05) is 29.4 Å². The van der Waals surface area contributed by atoms with Crippen molar-refractivity contribution >= 4 is 35.3 Å². The van der Waals surface area contributed by atoms with Crippen LogP contribution in [0.25, 0.3) is 6.08 Å². The number of nitrogens with one attached hydrogen (secondary N) is 2. The molecule has 2 atom stereocenters. The van der Waals surface area contributed by atoms with Crippen LogP contribution in [0.15, 0.2) is 23.8 Å². The minimum atomic E-state index is -0.906. The fourth-order valence-corrected chi connectivity index (χ4v) is 3.25. The second-order valence-electron chi connectivity index (χ2n) is 6.44. The van der Waals surface area contributed by atoms with E-state index in [-0.39, 0.29) is 23.3 Å². The normalized spacial score (nSPS) is 23.0. The molecule has 10 heteroatoms. The van der Waals surface area contributed by atoms with Crippen molar-refractivity contribution in [3.8, 4) is 0 Å². The Labute approximate surface area is 154 Å². The van der Waals surface area contributed by atoms with Gasteiger partial charge < -0.3 is 9.64 Å². The number of hydrogen-bond donors (Lipinski definition) is 2. The van der Waals surface area contributed by atoms with Gasteiger partial charge >= 0.3 is 6.03 Å². The molecule has 0 aliphatic carbocycles. The number of amides is 4. The molecular formula is C17H18N4O6. The summed E-state index contributed by atoms with van der Waals surface area (Å²) < 4.78 is 5.51. The van der Waals surface area contributed by atoms with Gasteiger partial charge in [0.15, 0.2) is 0 Å². The van der Waals surface area contributed by atoms with E-state index >= 15 is 0 Å². The number of carbonyl (C=O) groups is 3. The molecule has 2 N–H and O–H groups in total. The van der Waals surface area contributed by atoms with Crippen LogP contribution >= 0.6 is 0 Å². The molecule has 2 aliphatic rings. The second kappa shape index (κ2) is 7.16. The Morgan fingerprint density at radius 1 is 1.15 bits per heavy atom. The van der Waals surface area contributed by atoms with Crippen molar-refractivity contribution in [2.45, 2.75) is 25.9 Å². The molecule has 142 valence electrons. The van der Waals surface area contributed by atoms with Gasteiger partial charge in [0, 0.05) is 35.5 Å². The number of imide groups is 2. The average Bonchev–Trinajstić information content (AvgIpc) is 2.58. The highest BCUT2D eigenvalue weighted by Crippen LogP contribution is 2.32. The first-order valence-electron chi connectivity index (χ1n) is 8.31. The maximum atomic E-state index is 12.0. The van der Waals surface area contributed by atoms with Gasteiger partial charge in [0.25, 0.3) is 17.5 Å². The van der Waals surface area contributed by atoms with Crippen LogP contribution in [0.1, 0.15) is 19.4 Å². The predicted molar refractivity (Wildman–Crippen MR) is 95.0 cm³/mol. The highest BCUT2D eigenvalue weighted by Gasteiger charge is 2.31. The topological polar surface area (TPSA) is 131 Å². The van der Waals surface area contributed by atoms with Crippen molar-refractivity contribution in [3.63, 3.8) is 0 Å². The molecular weight excluding hydrogens is 356 g/mol. The van der Waals surface area contributed by atoms with Crippen LogP contribution in [0.3, 0.4) is 0 Å². The molecule has 2 saturated heterocycles. The summed E-state index contributed by atoms with van der Waals surface area (Å²) in [5, 5.41) is 15.2. The van der Waals surface area contributed by atoms with Gasteiger partial charge in [-0.25, -0.2) is 4.79 Å². The van der Waals surface area contributed by atoms with E-state index < -0.39 is 22.8 Å². The van der Waals surface area contributed by atoms with Crippen molar-refractivity contribution in [3.05, 3.63) is 39.4 Å². The molecule has 2 aliphatic heterocycles. The molecule has 0 unspecified atom stereocenters. The Kier molecular flexibility index (Phi) is 4.91. The smallest absolute Gasteiger partial charge is 0.328 e. The van der Waals surface area contributed by atoms with E-state index in [2.05, 4.69) is 0 Å². The standard InChI is InChI=1S/C17H18N4O6/c1-9-7-27-8-10(2)20(9)14-4-3-12(21(25)26)5-11(14)6-13-15(22)18-17(24)19-16(13)23/h3-6,9-10H,7-8H2,1-2H3,(H2,18,19,22,23,24)/t9-,10+. The number of hydrogen-bond acceptors (Lipinski definition) is 7. The van der Waals surface area contributed by atoms with Gasteiger partial charge in [-0.05, 0) is 26.0 Å². The number of nitrogens with zero attached hydrogens (tertiary/aromatic N) is 2. The summed E-state index contributed by atoms with van der Waals surface area (Å²) in [5.74, 6) is -1.71. The zero-order valence-electron chi connectivity index (χ0n) is 14.7. The van der Waals surface area contributed by atoms with Crippen molar-refractivity contribution in [2.24, 2.45) is 0 Å². The van der Waals surface area contributed by atoms with E-state index in [9.17, 15) is 24.5 Å². The van der Waals surface area contributed by atoms with Gasteiger partial charge in [-0.3, -0.25) is 30.3 Å². The third-order valence-electron chi connectivity index (χ3n) is 4.41. The largest absolute Gasteiger partial charge is 0.377 e. The third kappa shape index (κ3) is 3.65. The van der Waals surface area contributed by atoms with E-state index in [0.29, 0.717) is 24.5 Å². The molecule has 4 amide bonds. The Balaban J connectivity index is 2.11. The summed E-state index contributed by atoms with van der Waals surface area (Å²) in [6, 6.07) is 3.33. The highest BCUT2D eigenvalue weighted by molar-refractivity contribution is 6.31. The van der Waals surface area contributed by atoms with Crippen LogP contribution in [-0.2, 0) is 14.3 Å². The first-order valence-corrected chi connectivity index (χ1v) is 8.31. The van der Waals surface area contributed by atoms with E-state index in [0.717, 1.165) is 0 Å². The van der Waals surface area contributed by atoms with Gasteiger partial charge in [-0.2, -0.15) is 0 Å². The molecule has 27 heavy (non-hydrogen) atoms. The minimum absolute atomic E-state index is 0.0112. The lowest BCUT2D eigenvalue weighted by molar-refractivity contribution is -0.384.